The molecular formula is C25H20N4O2. The fraction of sp³-hybridized carbons (Fsp3) is 0.160. The van der Waals surface area contributed by atoms with Crippen molar-refractivity contribution in [1.29, 1.82) is 0 Å². The molecule has 0 bridgehead atoms. The highest BCUT2D eigenvalue weighted by atomic mass is 16.2. The van der Waals surface area contributed by atoms with Crippen LogP contribution in [0.3, 0.4) is 0 Å². The third kappa shape index (κ3) is 2.83. The number of benzene rings is 3. The summed E-state index contributed by atoms with van der Waals surface area (Å²) in [6.07, 6.45) is 2.19. The predicted octanol–water partition coefficient (Wildman–Crippen LogP) is 3.45. The third-order valence-electron chi connectivity index (χ3n) is 6.31. The molecule has 3 aromatic carbocycles. The van der Waals surface area contributed by atoms with Gasteiger partial charge in [-0.05, 0) is 22.4 Å². The number of piperazine rings is 1. The van der Waals surface area contributed by atoms with Gasteiger partial charge < -0.3 is 9.88 Å². The Morgan fingerprint density at radius 2 is 1.68 bits per heavy atom. The number of H-pyrrole nitrogens is 1. The van der Waals surface area contributed by atoms with Gasteiger partial charge in [-0.15, -0.1) is 0 Å². The van der Waals surface area contributed by atoms with Crippen molar-refractivity contribution >= 4 is 39.7 Å². The molecule has 0 unspecified atom stereocenters. The zero-order valence-electron chi connectivity index (χ0n) is 16.8. The Hall–Kier alpha value is -3.93. The Bertz CT molecular complexity index is 1380. The van der Waals surface area contributed by atoms with Gasteiger partial charge in [0.15, 0.2) is 0 Å². The van der Waals surface area contributed by atoms with E-state index in [0.29, 0.717) is 13.0 Å². The van der Waals surface area contributed by atoms with Crippen LogP contribution in [0.15, 0.2) is 71.8 Å². The van der Waals surface area contributed by atoms with Crippen LogP contribution in [0.2, 0.25) is 0 Å². The predicted molar refractivity (Wildman–Crippen MR) is 120 cm³/mol. The van der Waals surface area contributed by atoms with Crippen molar-refractivity contribution in [3.05, 3.63) is 83.6 Å². The van der Waals surface area contributed by atoms with Gasteiger partial charge in [0.1, 0.15) is 12.6 Å². The van der Waals surface area contributed by atoms with Crippen molar-refractivity contribution in [3.63, 3.8) is 0 Å². The molecule has 1 saturated heterocycles. The van der Waals surface area contributed by atoms with Gasteiger partial charge in [0, 0.05) is 28.6 Å². The Kier molecular flexibility index (Phi) is 3.93. The maximum atomic E-state index is 13.3. The minimum atomic E-state index is -0.516. The number of hydrogen-bond acceptors (Lipinski definition) is 3. The van der Waals surface area contributed by atoms with Gasteiger partial charge in [-0.2, -0.15) is 5.10 Å². The number of nitrogens with zero attached hydrogens (tertiary/aromatic N) is 3. The summed E-state index contributed by atoms with van der Waals surface area (Å²) in [5, 5.41) is 9.05. The molecule has 0 radical (unpaired) electrons. The number of para-hydroxylation sites is 1. The number of fused-ring (bicyclic) bond motifs is 5. The number of nitrogens with one attached hydrogen (secondary N) is 1. The van der Waals surface area contributed by atoms with Crippen LogP contribution in [0.25, 0.3) is 21.7 Å². The lowest BCUT2D eigenvalue weighted by atomic mass is 9.94. The summed E-state index contributed by atoms with van der Waals surface area (Å²) in [6.45, 7) is 0.395. The second kappa shape index (κ2) is 6.80. The monoisotopic (exact) mass is 408 g/mol. The molecular weight excluding hydrogens is 388 g/mol. The fourth-order valence-corrected chi connectivity index (χ4v) is 4.75. The molecule has 2 aliphatic rings. The molecule has 2 amide bonds. The number of carbonyl (C=O) groups is 2. The van der Waals surface area contributed by atoms with Crippen molar-refractivity contribution in [2.75, 3.05) is 6.54 Å². The van der Waals surface area contributed by atoms with Gasteiger partial charge in [0.05, 0.1) is 12.8 Å². The van der Waals surface area contributed by atoms with E-state index in [1.54, 1.807) is 11.1 Å². The first-order chi connectivity index (χ1) is 15.2. The van der Waals surface area contributed by atoms with Crippen molar-refractivity contribution in [1.82, 2.24) is 14.9 Å². The first kappa shape index (κ1) is 17.9. The molecule has 0 aliphatic carbocycles. The number of rotatable bonds is 2. The molecule has 6 rings (SSSR count). The van der Waals surface area contributed by atoms with Crippen LogP contribution in [0.4, 0.5) is 0 Å². The lowest BCUT2D eigenvalue weighted by molar-refractivity contribution is -0.157. The van der Waals surface area contributed by atoms with E-state index in [1.807, 2.05) is 60.7 Å². The summed E-state index contributed by atoms with van der Waals surface area (Å²) < 4.78 is 0. The molecule has 2 aliphatic heterocycles. The SMILES string of the molecule is O=C1[C@@H]2Cc3c([nH]c4ccccc34)CN2C(=O)CN1/N=C/c1cccc2ccccc12. The zero-order valence-corrected chi connectivity index (χ0v) is 16.8. The first-order valence-corrected chi connectivity index (χ1v) is 10.4. The second-order valence-corrected chi connectivity index (χ2v) is 8.08. The lowest BCUT2D eigenvalue weighted by Crippen LogP contribution is -2.60. The normalized spacial score (nSPS) is 18.8. The fourth-order valence-electron chi connectivity index (χ4n) is 4.75. The van der Waals surface area contributed by atoms with E-state index in [0.717, 1.165) is 38.5 Å². The van der Waals surface area contributed by atoms with Crippen LogP contribution < -0.4 is 0 Å². The second-order valence-electron chi connectivity index (χ2n) is 8.08. The maximum absolute atomic E-state index is 13.3. The molecule has 6 nitrogen and oxygen atoms in total. The summed E-state index contributed by atoms with van der Waals surface area (Å²) in [6, 6.07) is 21.6. The Labute approximate surface area is 178 Å². The number of aromatic amines is 1. The molecule has 6 heteroatoms. The van der Waals surface area contributed by atoms with Crippen molar-refractivity contribution < 1.29 is 9.59 Å². The average Bonchev–Trinajstić information content (AvgIpc) is 3.17. The van der Waals surface area contributed by atoms with Crippen LogP contribution in [0, 0.1) is 0 Å². The molecule has 3 heterocycles. The van der Waals surface area contributed by atoms with E-state index in [-0.39, 0.29) is 18.4 Å². The molecule has 1 atom stereocenters. The highest BCUT2D eigenvalue weighted by molar-refractivity contribution is 6.01. The van der Waals surface area contributed by atoms with E-state index in [1.165, 1.54) is 5.01 Å². The van der Waals surface area contributed by atoms with Gasteiger partial charge in [0.25, 0.3) is 5.91 Å². The largest absolute Gasteiger partial charge is 0.357 e. The molecule has 0 saturated carbocycles. The van der Waals surface area contributed by atoms with Crippen LogP contribution in [0.5, 0.6) is 0 Å². The highest BCUT2D eigenvalue weighted by Crippen LogP contribution is 2.32. The van der Waals surface area contributed by atoms with E-state index in [9.17, 15) is 9.59 Å². The van der Waals surface area contributed by atoms with E-state index in [2.05, 4.69) is 16.2 Å². The molecule has 152 valence electrons. The van der Waals surface area contributed by atoms with Crippen LogP contribution in [-0.2, 0) is 22.6 Å². The highest BCUT2D eigenvalue weighted by Gasteiger charge is 2.43. The van der Waals surface area contributed by atoms with Crippen LogP contribution in [-0.4, -0.2) is 45.5 Å². The third-order valence-corrected chi connectivity index (χ3v) is 6.31. The van der Waals surface area contributed by atoms with E-state index in [4.69, 9.17) is 0 Å². The van der Waals surface area contributed by atoms with E-state index < -0.39 is 6.04 Å². The standard InChI is InChI=1S/C25H20N4O2/c30-24-15-29(26-13-17-8-5-7-16-6-1-2-9-18(16)17)25(31)23-12-20-19-10-3-4-11-21(19)27-22(20)14-28(23)24/h1-11,13,23,27H,12,14-15H2/b26-13+/t23-/m0/s1. The minimum absolute atomic E-state index is 0.0356. The summed E-state index contributed by atoms with van der Waals surface area (Å²) in [4.78, 5) is 31.2. The minimum Gasteiger partial charge on any atom is -0.357 e. The molecule has 1 aromatic heterocycles. The Morgan fingerprint density at radius 1 is 0.903 bits per heavy atom. The lowest BCUT2D eigenvalue weighted by Gasteiger charge is -2.40. The van der Waals surface area contributed by atoms with Gasteiger partial charge in [-0.25, -0.2) is 5.01 Å². The number of amides is 2. The number of aromatic nitrogens is 1. The van der Waals surface area contributed by atoms with Crippen molar-refractivity contribution in [2.45, 2.75) is 19.0 Å². The first-order valence-electron chi connectivity index (χ1n) is 10.4. The van der Waals surface area contributed by atoms with Gasteiger partial charge >= 0.3 is 0 Å². The van der Waals surface area contributed by atoms with E-state index >= 15 is 0 Å². The Balaban J connectivity index is 1.32. The summed E-state index contributed by atoms with van der Waals surface area (Å²) in [5.74, 6) is -0.212. The average molecular weight is 408 g/mol. The van der Waals surface area contributed by atoms with Gasteiger partial charge in [0.2, 0.25) is 5.91 Å². The molecule has 1 fully saturated rings. The number of hydrogen-bond donors (Lipinski definition) is 1. The summed E-state index contributed by atoms with van der Waals surface area (Å²) >= 11 is 0. The number of hydrazone groups is 1. The van der Waals surface area contributed by atoms with Gasteiger partial charge in [-0.1, -0.05) is 60.7 Å². The maximum Gasteiger partial charge on any atom is 0.266 e. The van der Waals surface area contributed by atoms with Crippen LogP contribution in [0.1, 0.15) is 16.8 Å². The summed E-state index contributed by atoms with van der Waals surface area (Å²) in [5.41, 5.74) is 4.10. The topological polar surface area (TPSA) is 68.8 Å². The molecule has 4 aromatic rings. The smallest absolute Gasteiger partial charge is 0.266 e. The quantitative estimate of drug-likeness (QED) is 0.516. The van der Waals surface area contributed by atoms with Crippen LogP contribution >= 0.6 is 0 Å². The van der Waals surface area contributed by atoms with Crippen molar-refractivity contribution in [2.24, 2.45) is 5.10 Å². The Morgan fingerprint density at radius 3 is 2.58 bits per heavy atom. The van der Waals surface area contributed by atoms with Gasteiger partial charge in [-0.3, -0.25) is 9.59 Å². The zero-order chi connectivity index (χ0) is 20.9. The summed E-state index contributed by atoms with van der Waals surface area (Å²) in [7, 11) is 0. The molecule has 31 heavy (non-hydrogen) atoms. The van der Waals surface area contributed by atoms with Crippen molar-refractivity contribution in [3.8, 4) is 0 Å². The molecule has 0 spiro atoms. The molecule has 1 N–H and O–H groups in total. The number of carbonyl (C=O) groups excluding carboxylic acids is 2.